The van der Waals surface area contributed by atoms with Crippen molar-refractivity contribution < 1.29 is 18.3 Å². The molecule has 0 atom stereocenters. The molecule has 0 amide bonds. The van der Waals surface area contributed by atoms with Gasteiger partial charge < -0.3 is 9.47 Å². The Morgan fingerprint density at radius 1 is 1.05 bits per heavy atom. The van der Waals surface area contributed by atoms with E-state index in [-0.39, 0.29) is 16.6 Å². The molecule has 0 aliphatic carbocycles. The lowest BCUT2D eigenvalue weighted by atomic mass is 10.2. The Morgan fingerprint density at radius 3 is 2.50 bits per heavy atom. The Bertz CT molecular complexity index is 633. The summed E-state index contributed by atoms with van der Waals surface area (Å²) >= 11 is 6.33. The number of methoxy groups -OCH3 is 1. The van der Waals surface area contributed by atoms with Gasteiger partial charge in [-0.25, -0.2) is 8.78 Å². The molecular formula is C14H10Br2F2O2. The van der Waals surface area contributed by atoms with E-state index in [1.807, 2.05) is 0 Å². The predicted octanol–water partition coefficient (Wildman–Crippen LogP) is 5.08. The summed E-state index contributed by atoms with van der Waals surface area (Å²) in [7, 11) is 1.49. The first-order valence-electron chi connectivity index (χ1n) is 5.62. The summed E-state index contributed by atoms with van der Waals surface area (Å²) in [4.78, 5) is 0. The minimum Gasteiger partial charge on any atom is -0.493 e. The fraction of sp³-hybridized carbons (Fsp3) is 0.143. The average Bonchev–Trinajstić information content (AvgIpc) is 2.44. The van der Waals surface area contributed by atoms with Crippen LogP contribution >= 0.6 is 31.9 Å². The Kier molecular flexibility index (Phi) is 4.99. The maximum Gasteiger partial charge on any atom is 0.175 e. The first-order valence-corrected chi connectivity index (χ1v) is 7.21. The first-order chi connectivity index (χ1) is 9.54. The van der Waals surface area contributed by atoms with E-state index in [4.69, 9.17) is 9.47 Å². The summed E-state index contributed by atoms with van der Waals surface area (Å²) in [6, 6.07) is 7.73. The van der Waals surface area contributed by atoms with Crippen molar-refractivity contribution in [1.82, 2.24) is 0 Å². The summed E-state index contributed by atoms with van der Waals surface area (Å²) in [6.07, 6.45) is 0. The fourth-order valence-corrected chi connectivity index (χ4v) is 2.47. The third-order valence-corrected chi connectivity index (χ3v) is 3.89. The molecule has 0 N–H and O–H groups in total. The second-order valence-corrected chi connectivity index (χ2v) is 5.59. The van der Waals surface area contributed by atoms with E-state index < -0.39 is 11.6 Å². The summed E-state index contributed by atoms with van der Waals surface area (Å²) in [5.74, 6) is -0.447. The molecule has 0 aliphatic rings. The van der Waals surface area contributed by atoms with Crippen LogP contribution < -0.4 is 9.47 Å². The molecule has 0 radical (unpaired) electrons. The monoisotopic (exact) mass is 406 g/mol. The van der Waals surface area contributed by atoms with Gasteiger partial charge in [-0.2, -0.15) is 0 Å². The molecule has 0 saturated carbocycles. The molecule has 0 heterocycles. The number of benzene rings is 2. The van der Waals surface area contributed by atoms with Gasteiger partial charge in [0.1, 0.15) is 18.2 Å². The number of hydrogen-bond acceptors (Lipinski definition) is 2. The van der Waals surface area contributed by atoms with Gasteiger partial charge in [-0.3, -0.25) is 0 Å². The molecule has 0 fully saturated rings. The highest BCUT2D eigenvalue weighted by Crippen LogP contribution is 2.35. The van der Waals surface area contributed by atoms with Crippen LogP contribution in [0.2, 0.25) is 0 Å². The fourth-order valence-electron chi connectivity index (χ4n) is 1.64. The Balaban J connectivity index is 2.28. The normalized spacial score (nSPS) is 10.4. The van der Waals surface area contributed by atoms with Crippen LogP contribution in [0.15, 0.2) is 39.3 Å². The van der Waals surface area contributed by atoms with Gasteiger partial charge in [-0.1, -0.05) is 6.07 Å². The zero-order valence-corrected chi connectivity index (χ0v) is 13.6. The first kappa shape index (κ1) is 15.3. The van der Waals surface area contributed by atoms with Crippen LogP contribution in [0.4, 0.5) is 8.78 Å². The van der Waals surface area contributed by atoms with Gasteiger partial charge in [-0.15, -0.1) is 0 Å². The number of rotatable bonds is 4. The highest BCUT2D eigenvalue weighted by Gasteiger charge is 2.15. The molecule has 2 aromatic carbocycles. The molecular weight excluding hydrogens is 398 g/mol. The predicted molar refractivity (Wildman–Crippen MR) is 79.1 cm³/mol. The summed E-state index contributed by atoms with van der Waals surface area (Å²) in [5, 5.41) is 0. The van der Waals surface area contributed by atoms with Crippen molar-refractivity contribution >= 4 is 31.9 Å². The molecule has 0 saturated heterocycles. The second-order valence-electron chi connectivity index (χ2n) is 3.88. The molecule has 6 heteroatoms. The lowest BCUT2D eigenvalue weighted by molar-refractivity contribution is 0.272. The molecule has 0 spiro atoms. The Morgan fingerprint density at radius 2 is 1.80 bits per heavy atom. The third-order valence-electron chi connectivity index (χ3n) is 2.65. The van der Waals surface area contributed by atoms with E-state index in [2.05, 4.69) is 31.9 Å². The van der Waals surface area contributed by atoms with Crippen molar-refractivity contribution in [3.05, 3.63) is 56.5 Å². The van der Waals surface area contributed by atoms with E-state index in [0.29, 0.717) is 16.0 Å². The van der Waals surface area contributed by atoms with Gasteiger partial charge in [0, 0.05) is 0 Å². The molecule has 0 aromatic heterocycles. The Hall–Kier alpha value is -1.14. The van der Waals surface area contributed by atoms with Crippen LogP contribution in [-0.4, -0.2) is 7.11 Å². The highest BCUT2D eigenvalue weighted by atomic mass is 79.9. The SMILES string of the molecule is COc1cccc(Br)c1OCc1c(F)ccc(Br)c1F. The summed E-state index contributed by atoms with van der Waals surface area (Å²) in [5.41, 5.74) is -0.141. The molecule has 0 bridgehead atoms. The van der Waals surface area contributed by atoms with E-state index >= 15 is 0 Å². The summed E-state index contributed by atoms with van der Waals surface area (Å²) < 4.78 is 38.9. The van der Waals surface area contributed by atoms with Crippen molar-refractivity contribution in [2.45, 2.75) is 6.61 Å². The maximum absolute atomic E-state index is 13.8. The topological polar surface area (TPSA) is 18.5 Å². The zero-order chi connectivity index (χ0) is 14.7. The van der Waals surface area contributed by atoms with E-state index in [9.17, 15) is 8.78 Å². The lowest BCUT2D eigenvalue weighted by Crippen LogP contribution is -2.04. The van der Waals surface area contributed by atoms with Crippen LogP contribution in [0.5, 0.6) is 11.5 Å². The van der Waals surface area contributed by atoms with Gasteiger partial charge >= 0.3 is 0 Å². The van der Waals surface area contributed by atoms with Crippen LogP contribution in [0, 0.1) is 11.6 Å². The largest absolute Gasteiger partial charge is 0.493 e. The van der Waals surface area contributed by atoms with Gasteiger partial charge in [-0.05, 0) is 56.1 Å². The lowest BCUT2D eigenvalue weighted by Gasteiger charge is -2.13. The third kappa shape index (κ3) is 3.12. The number of halogens is 4. The van der Waals surface area contributed by atoms with E-state index in [1.165, 1.54) is 19.2 Å². The van der Waals surface area contributed by atoms with Crippen LogP contribution in [-0.2, 0) is 6.61 Å². The average molecular weight is 408 g/mol. The zero-order valence-electron chi connectivity index (χ0n) is 10.4. The number of hydrogen-bond donors (Lipinski definition) is 0. The minimum absolute atomic E-state index is 0.141. The maximum atomic E-state index is 13.8. The van der Waals surface area contributed by atoms with Gasteiger partial charge in [0.2, 0.25) is 0 Å². The highest BCUT2D eigenvalue weighted by molar-refractivity contribution is 9.10. The van der Waals surface area contributed by atoms with Crippen molar-refractivity contribution in [2.24, 2.45) is 0 Å². The van der Waals surface area contributed by atoms with Gasteiger partial charge in [0.25, 0.3) is 0 Å². The van der Waals surface area contributed by atoms with Gasteiger partial charge in [0.05, 0.1) is 21.6 Å². The van der Waals surface area contributed by atoms with Crippen LogP contribution in [0.3, 0.4) is 0 Å². The van der Waals surface area contributed by atoms with Gasteiger partial charge in [0.15, 0.2) is 11.5 Å². The molecule has 2 rings (SSSR count). The standard InChI is InChI=1S/C14H10Br2F2O2/c1-19-12-4-2-3-10(16)14(12)20-7-8-11(17)6-5-9(15)13(8)18/h2-6H,7H2,1H3. The minimum atomic E-state index is -0.670. The molecule has 0 unspecified atom stereocenters. The van der Waals surface area contributed by atoms with Crippen molar-refractivity contribution in [2.75, 3.05) is 7.11 Å². The van der Waals surface area contributed by atoms with Crippen LogP contribution in [0.25, 0.3) is 0 Å². The molecule has 2 aromatic rings. The van der Waals surface area contributed by atoms with Crippen LogP contribution in [0.1, 0.15) is 5.56 Å². The molecule has 0 aliphatic heterocycles. The van der Waals surface area contributed by atoms with E-state index in [0.717, 1.165) is 0 Å². The van der Waals surface area contributed by atoms with Crippen molar-refractivity contribution in [1.29, 1.82) is 0 Å². The molecule has 20 heavy (non-hydrogen) atoms. The molecule has 2 nitrogen and oxygen atoms in total. The van der Waals surface area contributed by atoms with E-state index in [1.54, 1.807) is 18.2 Å². The summed E-state index contributed by atoms with van der Waals surface area (Å²) in [6.45, 7) is -0.240. The second kappa shape index (κ2) is 6.54. The number of para-hydroxylation sites is 1. The van der Waals surface area contributed by atoms with Crippen molar-refractivity contribution in [3.8, 4) is 11.5 Å². The Labute approximate surface area is 132 Å². The quantitative estimate of drug-likeness (QED) is 0.658. The van der Waals surface area contributed by atoms with Crippen molar-refractivity contribution in [3.63, 3.8) is 0 Å². The number of ether oxygens (including phenoxy) is 2. The smallest absolute Gasteiger partial charge is 0.175 e. The molecule has 106 valence electrons.